The Morgan fingerprint density at radius 1 is 0.444 bits per heavy atom. The van der Waals surface area contributed by atoms with Crippen molar-refractivity contribution in [1.82, 2.24) is 0 Å². The molecular weight excluding hydrogens is 332 g/mol. The number of anilines is 2. The van der Waals surface area contributed by atoms with Crippen LogP contribution in [0.1, 0.15) is 0 Å². The largest absolute Gasteiger partial charge is 0.457 e. The fourth-order valence-electron chi connectivity index (χ4n) is 3.00. The van der Waals surface area contributed by atoms with Crippen LogP contribution in [0.4, 0.5) is 11.4 Å². The topological polar surface area (TPSA) is 61.3 Å². The zero-order valence-electron chi connectivity index (χ0n) is 14.8. The van der Waals surface area contributed by atoms with Crippen LogP contribution in [0.5, 0.6) is 11.5 Å². The number of nitrogens with two attached hydrogens (primary N) is 2. The van der Waals surface area contributed by atoms with Crippen LogP contribution in [-0.2, 0) is 0 Å². The van der Waals surface area contributed by atoms with E-state index in [0.29, 0.717) is 0 Å². The van der Waals surface area contributed by atoms with Crippen molar-refractivity contribution >= 4 is 11.4 Å². The Kier molecular flexibility index (Phi) is 4.50. The highest BCUT2D eigenvalue weighted by Gasteiger charge is 2.03. The summed E-state index contributed by atoms with van der Waals surface area (Å²) in [5, 5.41) is 0. The van der Waals surface area contributed by atoms with Gasteiger partial charge in [0.1, 0.15) is 11.5 Å². The first-order valence-electron chi connectivity index (χ1n) is 8.77. The summed E-state index contributed by atoms with van der Waals surface area (Å²) in [6, 6.07) is 31.7. The van der Waals surface area contributed by atoms with Crippen LogP contribution in [0.3, 0.4) is 0 Å². The average molecular weight is 352 g/mol. The van der Waals surface area contributed by atoms with Gasteiger partial charge in [-0.1, -0.05) is 48.5 Å². The van der Waals surface area contributed by atoms with E-state index in [-0.39, 0.29) is 0 Å². The fourth-order valence-corrected chi connectivity index (χ4v) is 3.00. The van der Waals surface area contributed by atoms with Gasteiger partial charge in [0.05, 0.1) is 0 Å². The first-order valence-corrected chi connectivity index (χ1v) is 8.77. The highest BCUT2D eigenvalue weighted by molar-refractivity contribution is 5.69. The monoisotopic (exact) mass is 352 g/mol. The van der Waals surface area contributed by atoms with Crippen LogP contribution in [-0.4, -0.2) is 0 Å². The van der Waals surface area contributed by atoms with Crippen molar-refractivity contribution in [3.05, 3.63) is 97.1 Å². The minimum absolute atomic E-state index is 0.757. The summed E-state index contributed by atoms with van der Waals surface area (Å²) in [6.07, 6.45) is 0. The molecule has 0 spiro atoms. The zero-order valence-corrected chi connectivity index (χ0v) is 14.8. The molecule has 0 aliphatic heterocycles. The molecule has 0 heterocycles. The van der Waals surface area contributed by atoms with Crippen molar-refractivity contribution in [3.8, 4) is 33.8 Å². The van der Waals surface area contributed by atoms with E-state index in [0.717, 1.165) is 45.1 Å². The molecular formula is C24H20N2O. The Labute approximate surface area is 158 Å². The van der Waals surface area contributed by atoms with Gasteiger partial charge in [-0.2, -0.15) is 0 Å². The third-order valence-corrected chi connectivity index (χ3v) is 4.38. The number of hydrogen-bond acceptors (Lipinski definition) is 3. The summed E-state index contributed by atoms with van der Waals surface area (Å²) in [7, 11) is 0. The molecule has 0 amide bonds. The molecule has 3 heteroatoms. The van der Waals surface area contributed by atoms with Gasteiger partial charge in [0.2, 0.25) is 0 Å². The van der Waals surface area contributed by atoms with Gasteiger partial charge in [0, 0.05) is 11.4 Å². The molecule has 27 heavy (non-hydrogen) atoms. The van der Waals surface area contributed by atoms with E-state index in [1.807, 2.05) is 97.1 Å². The summed E-state index contributed by atoms with van der Waals surface area (Å²) in [5.74, 6) is 1.58. The number of nitrogen functional groups attached to an aromatic ring is 2. The van der Waals surface area contributed by atoms with Gasteiger partial charge >= 0.3 is 0 Å². The Balaban J connectivity index is 1.49. The lowest BCUT2D eigenvalue weighted by molar-refractivity contribution is 0.483. The van der Waals surface area contributed by atoms with E-state index in [1.54, 1.807) is 0 Å². The minimum Gasteiger partial charge on any atom is -0.457 e. The van der Waals surface area contributed by atoms with Gasteiger partial charge < -0.3 is 16.2 Å². The maximum atomic E-state index is 5.96. The zero-order chi connectivity index (χ0) is 18.6. The Morgan fingerprint density at radius 2 is 0.852 bits per heavy atom. The Hall–Kier alpha value is -3.72. The smallest absolute Gasteiger partial charge is 0.127 e. The van der Waals surface area contributed by atoms with Crippen LogP contribution in [0.25, 0.3) is 22.3 Å². The van der Waals surface area contributed by atoms with E-state index in [4.69, 9.17) is 16.2 Å². The molecule has 4 N–H and O–H groups in total. The number of hydrogen-bond donors (Lipinski definition) is 2. The normalized spacial score (nSPS) is 10.5. The van der Waals surface area contributed by atoms with Gasteiger partial charge in [0.15, 0.2) is 0 Å². The van der Waals surface area contributed by atoms with E-state index in [1.165, 1.54) is 0 Å². The molecule has 132 valence electrons. The molecule has 4 aromatic rings. The van der Waals surface area contributed by atoms with Crippen molar-refractivity contribution < 1.29 is 4.74 Å². The van der Waals surface area contributed by atoms with Gasteiger partial charge in [-0.05, 0) is 70.8 Å². The molecule has 0 aliphatic carbocycles. The van der Waals surface area contributed by atoms with Crippen molar-refractivity contribution in [2.24, 2.45) is 0 Å². The molecule has 0 unspecified atom stereocenters. The first-order chi connectivity index (χ1) is 13.2. The lowest BCUT2D eigenvalue weighted by Gasteiger charge is -2.09. The van der Waals surface area contributed by atoms with Gasteiger partial charge in [-0.15, -0.1) is 0 Å². The van der Waals surface area contributed by atoms with Crippen LogP contribution in [0.15, 0.2) is 97.1 Å². The second kappa shape index (κ2) is 7.26. The molecule has 0 radical (unpaired) electrons. The van der Waals surface area contributed by atoms with Crippen molar-refractivity contribution in [2.45, 2.75) is 0 Å². The van der Waals surface area contributed by atoms with Crippen LogP contribution in [0.2, 0.25) is 0 Å². The predicted octanol–water partition coefficient (Wildman–Crippen LogP) is 5.98. The molecule has 4 aromatic carbocycles. The standard InChI is InChI=1S/C24H20N2O/c25-21-5-1-3-19(15-21)17-7-11-23(12-8-17)27-24-13-9-18(10-14-24)20-4-2-6-22(26)16-20/h1-16H,25-26H2. The highest BCUT2D eigenvalue weighted by Crippen LogP contribution is 2.29. The Morgan fingerprint density at radius 3 is 1.22 bits per heavy atom. The lowest BCUT2D eigenvalue weighted by atomic mass is 10.0. The summed E-state index contributed by atoms with van der Waals surface area (Å²) >= 11 is 0. The SMILES string of the molecule is Nc1cccc(-c2ccc(Oc3ccc(-c4cccc(N)c4)cc3)cc2)c1. The number of ether oxygens (including phenoxy) is 1. The van der Waals surface area contributed by atoms with E-state index < -0.39 is 0 Å². The highest BCUT2D eigenvalue weighted by atomic mass is 16.5. The fraction of sp³-hybridized carbons (Fsp3) is 0. The molecule has 0 bridgehead atoms. The molecule has 0 saturated heterocycles. The second-order valence-electron chi connectivity index (χ2n) is 6.40. The summed E-state index contributed by atoms with van der Waals surface area (Å²) in [6.45, 7) is 0. The third kappa shape index (κ3) is 3.93. The molecule has 0 atom stereocenters. The molecule has 4 rings (SSSR count). The summed E-state index contributed by atoms with van der Waals surface area (Å²) in [5.41, 5.74) is 17.6. The maximum Gasteiger partial charge on any atom is 0.127 e. The Bertz CT molecular complexity index is 967. The lowest BCUT2D eigenvalue weighted by Crippen LogP contribution is -1.87. The quantitative estimate of drug-likeness (QED) is 0.444. The van der Waals surface area contributed by atoms with Crippen LogP contribution in [0, 0.1) is 0 Å². The molecule has 0 aromatic heterocycles. The van der Waals surface area contributed by atoms with E-state index in [9.17, 15) is 0 Å². The number of benzene rings is 4. The summed E-state index contributed by atoms with van der Waals surface area (Å²) in [4.78, 5) is 0. The summed E-state index contributed by atoms with van der Waals surface area (Å²) < 4.78 is 5.96. The van der Waals surface area contributed by atoms with Gasteiger partial charge in [-0.25, -0.2) is 0 Å². The molecule has 3 nitrogen and oxygen atoms in total. The van der Waals surface area contributed by atoms with Gasteiger partial charge in [0.25, 0.3) is 0 Å². The second-order valence-corrected chi connectivity index (χ2v) is 6.40. The van der Waals surface area contributed by atoms with E-state index >= 15 is 0 Å². The van der Waals surface area contributed by atoms with Gasteiger partial charge in [-0.3, -0.25) is 0 Å². The minimum atomic E-state index is 0.757. The molecule has 0 fully saturated rings. The van der Waals surface area contributed by atoms with Crippen LogP contribution < -0.4 is 16.2 Å². The predicted molar refractivity (Wildman–Crippen MR) is 113 cm³/mol. The van der Waals surface area contributed by atoms with Crippen molar-refractivity contribution in [1.29, 1.82) is 0 Å². The number of rotatable bonds is 4. The molecule has 0 aliphatic rings. The molecule has 0 saturated carbocycles. The third-order valence-electron chi connectivity index (χ3n) is 4.38. The first kappa shape index (κ1) is 16.7. The van der Waals surface area contributed by atoms with Crippen molar-refractivity contribution in [3.63, 3.8) is 0 Å². The van der Waals surface area contributed by atoms with Crippen LogP contribution >= 0.6 is 0 Å². The van der Waals surface area contributed by atoms with Crippen molar-refractivity contribution in [2.75, 3.05) is 11.5 Å². The van der Waals surface area contributed by atoms with E-state index in [2.05, 4.69) is 0 Å². The maximum absolute atomic E-state index is 5.96. The average Bonchev–Trinajstić information content (AvgIpc) is 2.69.